The molecule has 2 aromatic carbocycles. The third-order valence-corrected chi connectivity index (χ3v) is 5.54. The highest BCUT2D eigenvalue weighted by molar-refractivity contribution is 6.34. The summed E-state index contributed by atoms with van der Waals surface area (Å²) >= 11 is 6.67. The van der Waals surface area contributed by atoms with Crippen LogP contribution in [0.3, 0.4) is 0 Å². The first-order valence-corrected chi connectivity index (χ1v) is 9.13. The van der Waals surface area contributed by atoms with E-state index < -0.39 is 0 Å². The number of para-hydroxylation sites is 1. The zero-order chi connectivity index (χ0) is 16.1. The molecule has 0 N–H and O–H groups in total. The monoisotopic (exact) mass is 337 g/mol. The minimum absolute atomic E-state index is 0.205. The van der Waals surface area contributed by atoms with Gasteiger partial charge in [-0.05, 0) is 30.4 Å². The summed E-state index contributed by atoms with van der Waals surface area (Å²) in [4.78, 5) is 9.68. The Hall–Kier alpha value is -2.00. The number of anilines is 1. The first-order valence-electron chi connectivity index (χ1n) is 8.75. The van der Waals surface area contributed by atoms with Crippen LogP contribution in [-0.2, 0) is 0 Å². The Bertz CT molecular complexity index is 798. The molecule has 0 radical (unpaired) electrons. The number of benzene rings is 2. The predicted octanol–water partition coefficient (Wildman–Crippen LogP) is 4.33. The molecule has 0 bridgehead atoms. The standard InChI is InChI=1S/C20H20ClN3/c21-17-8-4-7-16-18(15-5-2-1-3-6-15)23-12-11-22-20(23)24(19(16)17)13-14-9-10-14/h1-8,14,18H,9-13H2. The van der Waals surface area contributed by atoms with E-state index in [0.717, 1.165) is 42.2 Å². The van der Waals surface area contributed by atoms with E-state index in [0.29, 0.717) is 0 Å². The summed E-state index contributed by atoms with van der Waals surface area (Å²) < 4.78 is 0. The third-order valence-electron chi connectivity index (χ3n) is 5.24. The molecule has 0 aromatic heterocycles. The molecule has 0 saturated heterocycles. The summed E-state index contributed by atoms with van der Waals surface area (Å²) in [5.74, 6) is 1.89. The van der Waals surface area contributed by atoms with Crippen LogP contribution in [0.1, 0.15) is 30.0 Å². The van der Waals surface area contributed by atoms with Gasteiger partial charge in [0.15, 0.2) is 0 Å². The normalized spacial score (nSPS) is 22.2. The first-order chi connectivity index (χ1) is 11.8. The van der Waals surface area contributed by atoms with Gasteiger partial charge >= 0.3 is 0 Å². The third kappa shape index (κ3) is 2.22. The number of fused-ring (bicyclic) bond motifs is 2. The van der Waals surface area contributed by atoms with Crippen LogP contribution in [0, 0.1) is 5.92 Å². The van der Waals surface area contributed by atoms with E-state index in [1.807, 2.05) is 6.07 Å². The van der Waals surface area contributed by atoms with E-state index in [9.17, 15) is 0 Å². The van der Waals surface area contributed by atoms with Crippen molar-refractivity contribution in [3.05, 3.63) is 64.7 Å². The van der Waals surface area contributed by atoms with Gasteiger partial charge in [-0.2, -0.15) is 0 Å². The van der Waals surface area contributed by atoms with Gasteiger partial charge in [-0.15, -0.1) is 0 Å². The lowest BCUT2D eigenvalue weighted by molar-refractivity contribution is 0.372. The second-order valence-electron chi connectivity index (χ2n) is 6.92. The van der Waals surface area contributed by atoms with Crippen LogP contribution in [-0.4, -0.2) is 30.5 Å². The average molecular weight is 338 g/mol. The van der Waals surface area contributed by atoms with Crippen molar-refractivity contribution in [2.75, 3.05) is 24.5 Å². The lowest BCUT2D eigenvalue weighted by Crippen LogP contribution is -2.49. The molecule has 1 unspecified atom stereocenters. The molecule has 1 aliphatic carbocycles. The van der Waals surface area contributed by atoms with Gasteiger partial charge in [0.05, 0.1) is 23.3 Å². The lowest BCUT2D eigenvalue weighted by atomic mass is 9.93. The summed E-state index contributed by atoms with van der Waals surface area (Å²) in [5, 5.41) is 0.836. The number of guanidine groups is 1. The van der Waals surface area contributed by atoms with Gasteiger partial charge in [-0.25, -0.2) is 0 Å². The van der Waals surface area contributed by atoms with Gasteiger partial charge in [0.1, 0.15) is 0 Å². The summed E-state index contributed by atoms with van der Waals surface area (Å²) in [6.07, 6.45) is 2.65. The maximum absolute atomic E-state index is 6.67. The summed E-state index contributed by atoms with van der Waals surface area (Å²) in [5.41, 5.74) is 3.77. The highest BCUT2D eigenvalue weighted by Gasteiger charge is 2.41. The molecule has 1 fully saturated rings. The topological polar surface area (TPSA) is 18.8 Å². The predicted molar refractivity (Wildman–Crippen MR) is 98.8 cm³/mol. The van der Waals surface area contributed by atoms with Gasteiger partial charge in [0, 0.05) is 18.7 Å². The largest absolute Gasteiger partial charge is 0.329 e. The fourth-order valence-corrected chi connectivity index (χ4v) is 4.25. The van der Waals surface area contributed by atoms with Crippen molar-refractivity contribution in [1.29, 1.82) is 0 Å². The summed E-state index contributed by atoms with van der Waals surface area (Å²) in [7, 11) is 0. The number of aliphatic imine (C=N–C) groups is 1. The van der Waals surface area contributed by atoms with Crippen LogP contribution in [0.5, 0.6) is 0 Å². The maximum atomic E-state index is 6.67. The Labute approximate surface area is 147 Å². The lowest BCUT2D eigenvalue weighted by Gasteiger charge is -2.43. The SMILES string of the molecule is Clc1cccc2c1N(CC1CC1)C1=NCCN1C2c1ccccc1. The van der Waals surface area contributed by atoms with E-state index in [1.54, 1.807) is 0 Å². The van der Waals surface area contributed by atoms with Crippen molar-refractivity contribution in [1.82, 2.24) is 4.90 Å². The van der Waals surface area contributed by atoms with Crippen molar-refractivity contribution in [3.63, 3.8) is 0 Å². The van der Waals surface area contributed by atoms with Crippen molar-refractivity contribution in [3.8, 4) is 0 Å². The minimum atomic E-state index is 0.205. The van der Waals surface area contributed by atoms with Gasteiger partial charge < -0.3 is 9.80 Å². The molecular weight excluding hydrogens is 318 g/mol. The van der Waals surface area contributed by atoms with Crippen LogP contribution in [0.2, 0.25) is 5.02 Å². The quantitative estimate of drug-likeness (QED) is 0.830. The molecular formula is C20H20ClN3. The van der Waals surface area contributed by atoms with Gasteiger partial charge in [0.25, 0.3) is 0 Å². The summed E-state index contributed by atoms with van der Waals surface area (Å²) in [6.45, 7) is 2.88. The number of nitrogens with zero attached hydrogens (tertiary/aromatic N) is 3. The van der Waals surface area contributed by atoms with Gasteiger partial charge in [0.2, 0.25) is 5.96 Å². The zero-order valence-electron chi connectivity index (χ0n) is 13.5. The highest BCUT2D eigenvalue weighted by Crippen LogP contribution is 2.46. The number of rotatable bonds is 3. The first kappa shape index (κ1) is 14.4. The molecule has 0 amide bonds. The molecule has 3 aliphatic rings. The highest BCUT2D eigenvalue weighted by atomic mass is 35.5. The van der Waals surface area contributed by atoms with E-state index in [2.05, 4.69) is 52.3 Å². The maximum Gasteiger partial charge on any atom is 0.202 e. The number of hydrogen-bond acceptors (Lipinski definition) is 3. The van der Waals surface area contributed by atoms with E-state index in [-0.39, 0.29) is 6.04 Å². The zero-order valence-corrected chi connectivity index (χ0v) is 14.3. The Balaban J connectivity index is 1.69. The molecule has 0 spiro atoms. The molecule has 4 heteroatoms. The van der Waals surface area contributed by atoms with Gasteiger partial charge in [-0.1, -0.05) is 54.1 Å². The van der Waals surface area contributed by atoms with Crippen LogP contribution in [0.4, 0.5) is 5.69 Å². The Morgan fingerprint density at radius 2 is 1.88 bits per heavy atom. The molecule has 24 heavy (non-hydrogen) atoms. The second-order valence-corrected chi connectivity index (χ2v) is 7.33. The number of halogens is 1. The smallest absolute Gasteiger partial charge is 0.202 e. The minimum Gasteiger partial charge on any atom is -0.329 e. The second kappa shape index (κ2) is 5.52. The number of hydrogen-bond donors (Lipinski definition) is 0. The molecule has 2 aromatic rings. The summed E-state index contributed by atoms with van der Waals surface area (Å²) in [6, 6.07) is 17.2. The Kier molecular flexibility index (Phi) is 3.30. The molecule has 3 nitrogen and oxygen atoms in total. The van der Waals surface area contributed by atoms with E-state index in [4.69, 9.17) is 16.6 Å². The molecule has 2 heterocycles. The van der Waals surface area contributed by atoms with Crippen molar-refractivity contribution in [2.45, 2.75) is 18.9 Å². The van der Waals surface area contributed by atoms with Crippen molar-refractivity contribution < 1.29 is 0 Å². The molecule has 1 saturated carbocycles. The average Bonchev–Trinajstić information content (AvgIpc) is 3.29. The van der Waals surface area contributed by atoms with E-state index >= 15 is 0 Å². The molecule has 122 valence electrons. The van der Waals surface area contributed by atoms with E-state index in [1.165, 1.54) is 24.0 Å². The van der Waals surface area contributed by atoms with Crippen molar-refractivity contribution in [2.24, 2.45) is 10.9 Å². The van der Waals surface area contributed by atoms with Crippen LogP contribution < -0.4 is 4.90 Å². The fraction of sp³-hybridized carbons (Fsp3) is 0.350. The Morgan fingerprint density at radius 3 is 2.67 bits per heavy atom. The van der Waals surface area contributed by atoms with Crippen LogP contribution in [0.25, 0.3) is 0 Å². The molecule has 2 aliphatic heterocycles. The van der Waals surface area contributed by atoms with Crippen molar-refractivity contribution >= 4 is 23.2 Å². The molecule has 5 rings (SSSR count). The Morgan fingerprint density at radius 1 is 1.04 bits per heavy atom. The van der Waals surface area contributed by atoms with Crippen LogP contribution in [0.15, 0.2) is 53.5 Å². The van der Waals surface area contributed by atoms with Gasteiger partial charge in [-0.3, -0.25) is 4.99 Å². The fourth-order valence-electron chi connectivity index (χ4n) is 3.97. The molecule has 1 atom stereocenters. The van der Waals surface area contributed by atoms with Crippen LogP contribution >= 0.6 is 11.6 Å².